The van der Waals surface area contributed by atoms with Gasteiger partial charge in [-0.25, -0.2) is 14.2 Å². The van der Waals surface area contributed by atoms with Gasteiger partial charge < -0.3 is 24.5 Å². The van der Waals surface area contributed by atoms with Gasteiger partial charge in [0.25, 0.3) is 0 Å². The molecule has 44 heavy (non-hydrogen) atoms. The molecular weight excluding hydrogens is 565 g/mol. The maximum atomic E-state index is 14.5. The van der Waals surface area contributed by atoms with E-state index >= 15 is 0 Å². The first kappa shape index (κ1) is 29.9. The summed E-state index contributed by atoms with van der Waals surface area (Å²) in [5.41, 5.74) is 4.26. The molecule has 0 bridgehead atoms. The summed E-state index contributed by atoms with van der Waals surface area (Å²) in [7, 11) is 1.59. The standard InChI is InChI=1S/C33H28FN5O5/c1-20(40)37-32-29(44-19-24-8-7-21(18-35)15-26(24)34)11-12-36-31(32)25-6-4-3-5-22(25)17-30-38-27-10-9-23(33(41)42)16-28(27)39(30)13-14-43-2/h3-12,15-16H,13-14,17,19H2,1-2H3,(H,37,40)(H,41,42). The van der Waals surface area contributed by atoms with Crippen LogP contribution in [0.3, 0.4) is 0 Å². The summed E-state index contributed by atoms with van der Waals surface area (Å²) in [4.78, 5) is 33.3. The lowest BCUT2D eigenvalue weighted by Gasteiger charge is -2.18. The van der Waals surface area contributed by atoms with Crippen molar-refractivity contribution in [2.24, 2.45) is 0 Å². The highest BCUT2D eigenvalue weighted by atomic mass is 19.1. The fraction of sp³-hybridized carbons (Fsp3) is 0.182. The first-order chi connectivity index (χ1) is 21.3. The minimum absolute atomic E-state index is 0.142. The number of rotatable bonds is 11. The zero-order valence-electron chi connectivity index (χ0n) is 24.0. The molecular formula is C33H28FN5O5. The number of aromatic carboxylic acids is 1. The van der Waals surface area contributed by atoms with Crippen LogP contribution in [0.4, 0.5) is 10.1 Å². The molecule has 0 spiro atoms. The van der Waals surface area contributed by atoms with Crippen LogP contribution in [0.5, 0.6) is 5.75 Å². The molecule has 2 N–H and O–H groups in total. The van der Waals surface area contributed by atoms with Crippen molar-refractivity contribution < 1.29 is 28.6 Å². The third-order valence-electron chi connectivity index (χ3n) is 6.99. The Morgan fingerprint density at radius 3 is 2.64 bits per heavy atom. The van der Waals surface area contributed by atoms with E-state index in [1.807, 2.05) is 34.9 Å². The number of imidazole rings is 1. The minimum Gasteiger partial charge on any atom is -0.486 e. The summed E-state index contributed by atoms with van der Waals surface area (Å²) in [6, 6.07) is 20.0. The highest BCUT2D eigenvalue weighted by Crippen LogP contribution is 2.37. The molecule has 11 heteroatoms. The lowest BCUT2D eigenvalue weighted by Crippen LogP contribution is -2.12. The Labute approximate surface area is 252 Å². The number of benzene rings is 3. The van der Waals surface area contributed by atoms with Gasteiger partial charge in [-0.1, -0.05) is 30.3 Å². The van der Waals surface area contributed by atoms with E-state index in [0.717, 1.165) is 11.6 Å². The number of carbonyl (C=O) groups is 2. The van der Waals surface area contributed by atoms with Crippen LogP contribution in [-0.4, -0.2) is 45.2 Å². The van der Waals surface area contributed by atoms with Gasteiger partial charge in [0.05, 0.1) is 40.5 Å². The Morgan fingerprint density at radius 1 is 1.09 bits per heavy atom. The Kier molecular flexibility index (Phi) is 8.93. The van der Waals surface area contributed by atoms with Gasteiger partial charge in [-0.2, -0.15) is 5.26 Å². The second-order valence-corrected chi connectivity index (χ2v) is 9.94. The number of carbonyl (C=O) groups excluding carboxylic acids is 1. The number of nitrogens with zero attached hydrogens (tertiary/aromatic N) is 4. The average Bonchev–Trinajstić information content (AvgIpc) is 3.35. The monoisotopic (exact) mass is 593 g/mol. The van der Waals surface area contributed by atoms with Gasteiger partial charge >= 0.3 is 5.97 Å². The second kappa shape index (κ2) is 13.1. The quantitative estimate of drug-likeness (QED) is 0.202. The molecule has 1 amide bonds. The molecule has 0 radical (unpaired) electrons. The van der Waals surface area contributed by atoms with Gasteiger partial charge in [-0.3, -0.25) is 9.78 Å². The van der Waals surface area contributed by atoms with Gasteiger partial charge in [0.2, 0.25) is 5.91 Å². The Hall–Kier alpha value is -5.60. The predicted octanol–water partition coefficient (Wildman–Crippen LogP) is 5.58. The molecule has 5 aromatic rings. The van der Waals surface area contributed by atoms with Crippen LogP contribution in [0.25, 0.3) is 22.3 Å². The highest BCUT2D eigenvalue weighted by Gasteiger charge is 2.20. The Morgan fingerprint density at radius 2 is 1.91 bits per heavy atom. The second-order valence-electron chi connectivity index (χ2n) is 9.94. The third kappa shape index (κ3) is 6.40. The van der Waals surface area contributed by atoms with Crippen molar-refractivity contribution in [3.63, 3.8) is 0 Å². The first-order valence-electron chi connectivity index (χ1n) is 13.7. The molecule has 2 heterocycles. The van der Waals surface area contributed by atoms with Crippen molar-refractivity contribution in [2.45, 2.75) is 26.5 Å². The summed E-state index contributed by atoms with van der Waals surface area (Å²) in [6.45, 7) is 2.08. The molecule has 0 atom stereocenters. The zero-order valence-corrected chi connectivity index (χ0v) is 24.0. The number of carboxylic acid groups (broad SMARTS) is 1. The zero-order chi connectivity index (χ0) is 31.2. The fourth-order valence-electron chi connectivity index (χ4n) is 4.90. The lowest BCUT2D eigenvalue weighted by molar-refractivity contribution is -0.114. The highest BCUT2D eigenvalue weighted by molar-refractivity contribution is 5.96. The van der Waals surface area contributed by atoms with Crippen molar-refractivity contribution in [2.75, 3.05) is 19.0 Å². The van der Waals surface area contributed by atoms with Crippen LogP contribution in [0.1, 0.15) is 39.8 Å². The minimum atomic E-state index is -1.03. The van der Waals surface area contributed by atoms with E-state index in [1.165, 1.54) is 25.1 Å². The van der Waals surface area contributed by atoms with E-state index in [-0.39, 0.29) is 35.0 Å². The number of halogens is 1. The predicted molar refractivity (Wildman–Crippen MR) is 161 cm³/mol. The molecule has 0 saturated carbocycles. The SMILES string of the molecule is COCCn1c(Cc2ccccc2-c2nccc(OCc3ccc(C#N)cc3F)c2NC(C)=O)nc2ccc(C(=O)O)cc21. The van der Waals surface area contributed by atoms with E-state index in [1.54, 1.807) is 31.5 Å². The number of aromatic nitrogens is 3. The Bertz CT molecular complexity index is 1910. The number of nitriles is 1. The molecule has 5 rings (SSSR count). The number of ether oxygens (including phenoxy) is 2. The van der Waals surface area contributed by atoms with E-state index in [4.69, 9.17) is 19.7 Å². The topological polar surface area (TPSA) is 139 Å². The molecule has 0 unspecified atom stereocenters. The van der Waals surface area contributed by atoms with E-state index < -0.39 is 11.8 Å². The number of hydrogen-bond donors (Lipinski definition) is 2. The number of fused-ring (bicyclic) bond motifs is 1. The molecule has 0 aliphatic heterocycles. The number of amides is 1. The normalized spacial score (nSPS) is 10.9. The number of anilines is 1. The molecule has 0 aliphatic carbocycles. The molecule has 2 aromatic heterocycles. The molecule has 0 fully saturated rings. The van der Waals surface area contributed by atoms with Crippen LogP contribution >= 0.6 is 0 Å². The van der Waals surface area contributed by atoms with Crippen LogP contribution in [0.2, 0.25) is 0 Å². The third-order valence-corrected chi connectivity index (χ3v) is 6.99. The van der Waals surface area contributed by atoms with E-state index in [9.17, 15) is 19.1 Å². The summed E-state index contributed by atoms with van der Waals surface area (Å²) in [5, 5.41) is 21.4. The van der Waals surface area contributed by atoms with Crippen LogP contribution in [-0.2, 0) is 29.1 Å². The Balaban J connectivity index is 1.54. The van der Waals surface area contributed by atoms with Crippen molar-refractivity contribution >= 4 is 28.6 Å². The summed E-state index contributed by atoms with van der Waals surface area (Å²) >= 11 is 0. The summed E-state index contributed by atoms with van der Waals surface area (Å²) in [5.74, 6) is -0.966. The van der Waals surface area contributed by atoms with Gasteiger partial charge in [0.15, 0.2) is 0 Å². The summed E-state index contributed by atoms with van der Waals surface area (Å²) in [6.07, 6.45) is 1.91. The maximum absolute atomic E-state index is 14.5. The molecule has 0 aliphatic rings. The van der Waals surface area contributed by atoms with E-state index in [0.29, 0.717) is 53.4 Å². The van der Waals surface area contributed by atoms with Crippen molar-refractivity contribution in [1.82, 2.24) is 14.5 Å². The smallest absolute Gasteiger partial charge is 0.335 e. The number of hydrogen-bond acceptors (Lipinski definition) is 7. The summed E-state index contributed by atoms with van der Waals surface area (Å²) < 4.78 is 27.8. The molecule has 0 saturated heterocycles. The van der Waals surface area contributed by atoms with Crippen LogP contribution < -0.4 is 10.1 Å². The van der Waals surface area contributed by atoms with Gasteiger partial charge in [0.1, 0.15) is 29.7 Å². The fourth-order valence-corrected chi connectivity index (χ4v) is 4.90. The number of methoxy groups -OCH3 is 1. The maximum Gasteiger partial charge on any atom is 0.335 e. The number of pyridine rings is 1. The largest absolute Gasteiger partial charge is 0.486 e. The van der Waals surface area contributed by atoms with Crippen molar-refractivity contribution in [3.05, 3.63) is 107 Å². The first-order valence-corrected chi connectivity index (χ1v) is 13.7. The molecule has 3 aromatic carbocycles. The van der Waals surface area contributed by atoms with Crippen molar-refractivity contribution in [1.29, 1.82) is 5.26 Å². The average molecular weight is 594 g/mol. The van der Waals surface area contributed by atoms with Gasteiger partial charge in [-0.05, 0) is 35.9 Å². The van der Waals surface area contributed by atoms with E-state index in [2.05, 4.69) is 10.3 Å². The number of carboxylic acids is 1. The van der Waals surface area contributed by atoms with Gasteiger partial charge in [0, 0.05) is 50.4 Å². The van der Waals surface area contributed by atoms with Crippen LogP contribution in [0.15, 0.2) is 72.9 Å². The van der Waals surface area contributed by atoms with Gasteiger partial charge in [-0.15, -0.1) is 0 Å². The molecule has 10 nitrogen and oxygen atoms in total. The van der Waals surface area contributed by atoms with Crippen LogP contribution in [0, 0.1) is 17.1 Å². The van der Waals surface area contributed by atoms with Crippen molar-refractivity contribution in [3.8, 4) is 23.1 Å². The molecule has 222 valence electrons. The lowest BCUT2D eigenvalue weighted by atomic mass is 9.99. The number of nitrogens with one attached hydrogen (secondary N) is 1.